The van der Waals surface area contributed by atoms with Gasteiger partial charge in [0.15, 0.2) is 0 Å². The van der Waals surface area contributed by atoms with Crippen LogP contribution in [0.15, 0.2) is 54.2 Å². The summed E-state index contributed by atoms with van der Waals surface area (Å²) in [5.74, 6) is -0.745. The highest BCUT2D eigenvalue weighted by Gasteiger charge is 2.39. The molecule has 0 saturated carbocycles. The van der Waals surface area contributed by atoms with Crippen LogP contribution in [0.25, 0.3) is 5.57 Å². The van der Waals surface area contributed by atoms with Gasteiger partial charge in [-0.1, -0.05) is 18.2 Å². The highest BCUT2D eigenvalue weighted by atomic mass is 19.1. The number of rotatable bonds is 9. The van der Waals surface area contributed by atoms with E-state index in [9.17, 15) is 14.0 Å². The summed E-state index contributed by atoms with van der Waals surface area (Å²) < 4.78 is 24.2. The second-order valence-corrected chi connectivity index (χ2v) is 7.12. The molecule has 0 saturated heterocycles. The maximum atomic E-state index is 13.3. The van der Waals surface area contributed by atoms with Crippen molar-refractivity contribution in [3.8, 4) is 5.75 Å². The summed E-state index contributed by atoms with van der Waals surface area (Å²) >= 11 is 0. The fraction of sp³-hybridized carbons (Fsp3) is 0.304. The minimum atomic E-state index is -0.435. The Labute approximate surface area is 175 Å². The molecule has 0 radical (unpaired) electrons. The van der Waals surface area contributed by atoms with Crippen molar-refractivity contribution in [2.24, 2.45) is 0 Å². The molecule has 0 aliphatic carbocycles. The molecule has 2 aromatic carbocycles. The first-order chi connectivity index (χ1) is 14.4. The summed E-state index contributed by atoms with van der Waals surface area (Å²) in [5.41, 5.74) is 1.39. The number of carbonyl (C=O) groups excluding carboxylic acids is 2. The molecule has 2 aromatic rings. The third kappa shape index (κ3) is 4.68. The van der Waals surface area contributed by atoms with E-state index in [0.717, 1.165) is 0 Å². The van der Waals surface area contributed by atoms with Gasteiger partial charge in [-0.2, -0.15) is 0 Å². The molecular weight excluding hydrogens is 387 g/mol. The summed E-state index contributed by atoms with van der Waals surface area (Å²) in [7, 11) is 1.51. The first kappa shape index (κ1) is 21.5. The van der Waals surface area contributed by atoms with Crippen LogP contribution in [0.2, 0.25) is 0 Å². The zero-order valence-electron chi connectivity index (χ0n) is 17.3. The Morgan fingerprint density at radius 2 is 1.73 bits per heavy atom. The Hall–Kier alpha value is -3.19. The average Bonchev–Trinajstić information content (AvgIpc) is 2.96. The van der Waals surface area contributed by atoms with Crippen molar-refractivity contribution in [3.63, 3.8) is 0 Å². The second kappa shape index (κ2) is 9.54. The number of nitrogens with zero attached hydrogens (tertiary/aromatic N) is 1. The lowest BCUT2D eigenvalue weighted by Gasteiger charge is -2.16. The van der Waals surface area contributed by atoms with Crippen LogP contribution >= 0.6 is 0 Å². The van der Waals surface area contributed by atoms with Crippen molar-refractivity contribution in [2.75, 3.05) is 25.6 Å². The molecule has 0 spiro atoms. The Morgan fingerprint density at radius 3 is 2.40 bits per heavy atom. The van der Waals surface area contributed by atoms with Crippen molar-refractivity contribution >= 4 is 23.1 Å². The molecule has 1 heterocycles. The molecule has 0 bridgehead atoms. The quantitative estimate of drug-likeness (QED) is 0.501. The smallest absolute Gasteiger partial charge is 0.278 e. The number of benzene rings is 2. The van der Waals surface area contributed by atoms with E-state index < -0.39 is 11.8 Å². The van der Waals surface area contributed by atoms with Crippen molar-refractivity contribution < 1.29 is 23.5 Å². The van der Waals surface area contributed by atoms with Crippen molar-refractivity contribution in [1.29, 1.82) is 0 Å². The van der Waals surface area contributed by atoms with Crippen molar-refractivity contribution in [2.45, 2.75) is 26.4 Å². The number of nitrogens with one attached hydrogen (secondary N) is 1. The van der Waals surface area contributed by atoms with Gasteiger partial charge in [0.2, 0.25) is 0 Å². The van der Waals surface area contributed by atoms with Gasteiger partial charge in [0.05, 0.1) is 18.8 Å². The maximum absolute atomic E-state index is 13.3. The van der Waals surface area contributed by atoms with E-state index in [-0.39, 0.29) is 29.7 Å². The van der Waals surface area contributed by atoms with Gasteiger partial charge in [-0.05, 0) is 50.6 Å². The largest absolute Gasteiger partial charge is 0.496 e. The van der Waals surface area contributed by atoms with Crippen LogP contribution in [0.3, 0.4) is 0 Å². The van der Waals surface area contributed by atoms with Gasteiger partial charge < -0.3 is 14.8 Å². The summed E-state index contributed by atoms with van der Waals surface area (Å²) in [6.07, 6.45) is 0.603. The SMILES string of the molecule is COc1ccccc1C1=C(Nc2ccc(F)cc2)C(=O)N(CCCOC(C)C)C1=O. The highest BCUT2D eigenvalue weighted by Crippen LogP contribution is 2.35. The Balaban J connectivity index is 1.94. The van der Waals surface area contributed by atoms with Crippen LogP contribution in [0.1, 0.15) is 25.8 Å². The van der Waals surface area contributed by atoms with Crippen LogP contribution in [-0.2, 0) is 14.3 Å². The molecule has 0 unspecified atom stereocenters. The van der Waals surface area contributed by atoms with E-state index in [0.29, 0.717) is 30.0 Å². The second-order valence-electron chi connectivity index (χ2n) is 7.12. The van der Waals surface area contributed by atoms with E-state index in [2.05, 4.69) is 5.32 Å². The van der Waals surface area contributed by atoms with Gasteiger partial charge in [0, 0.05) is 24.4 Å². The topological polar surface area (TPSA) is 67.9 Å². The molecule has 0 fully saturated rings. The summed E-state index contributed by atoms with van der Waals surface area (Å²) in [5, 5.41) is 3.00. The predicted molar refractivity (Wildman–Crippen MR) is 112 cm³/mol. The number of para-hydroxylation sites is 1. The normalized spacial score (nSPS) is 14.1. The average molecular weight is 412 g/mol. The molecule has 30 heavy (non-hydrogen) atoms. The first-order valence-corrected chi connectivity index (χ1v) is 9.80. The molecule has 0 atom stereocenters. The van der Waals surface area contributed by atoms with Gasteiger partial charge in [0.1, 0.15) is 17.3 Å². The monoisotopic (exact) mass is 412 g/mol. The molecule has 2 amide bonds. The van der Waals surface area contributed by atoms with E-state index in [4.69, 9.17) is 9.47 Å². The number of ether oxygens (including phenoxy) is 2. The highest BCUT2D eigenvalue weighted by molar-refractivity contribution is 6.37. The minimum absolute atomic E-state index is 0.0768. The van der Waals surface area contributed by atoms with Crippen molar-refractivity contribution in [1.82, 2.24) is 4.90 Å². The van der Waals surface area contributed by atoms with Crippen LogP contribution < -0.4 is 10.1 Å². The molecular formula is C23H25FN2O4. The molecule has 3 rings (SSSR count). The number of imide groups is 1. The van der Waals surface area contributed by atoms with E-state index >= 15 is 0 Å². The Bertz CT molecular complexity index is 954. The zero-order chi connectivity index (χ0) is 21.7. The number of methoxy groups -OCH3 is 1. The maximum Gasteiger partial charge on any atom is 0.278 e. The van der Waals surface area contributed by atoms with E-state index in [1.165, 1.54) is 36.3 Å². The van der Waals surface area contributed by atoms with Crippen LogP contribution in [0.5, 0.6) is 5.75 Å². The lowest BCUT2D eigenvalue weighted by molar-refractivity contribution is -0.137. The summed E-state index contributed by atoms with van der Waals surface area (Å²) in [6, 6.07) is 12.6. The third-order valence-electron chi connectivity index (χ3n) is 4.64. The predicted octanol–water partition coefficient (Wildman–Crippen LogP) is 3.84. The van der Waals surface area contributed by atoms with Crippen LogP contribution in [0.4, 0.5) is 10.1 Å². The molecule has 1 N–H and O–H groups in total. The van der Waals surface area contributed by atoms with Gasteiger partial charge >= 0.3 is 0 Å². The summed E-state index contributed by atoms with van der Waals surface area (Å²) in [4.78, 5) is 27.6. The van der Waals surface area contributed by atoms with Gasteiger partial charge in [-0.15, -0.1) is 0 Å². The van der Waals surface area contributed by atoms with Crippen LogP contribution in [0, 0.1) is 5.82 Å². The number of hydrogen-bond donors (Lipinski definition) is 1. The molecule has 6 nitrogen and oxygen atoms in total. The lowest BCUT2D eigenvalue weighted by atomic mass is 10.0. The number of hydrogen-bond acceptors (Lipinski definition) is 5. The van der Waals surface area contributed by atoms with Gasteiger partial charge in [-0.25, -0.2) is 4.39 Å². The molecule has 158 valence electrons. The zero-order valence-corrected chi connectivity index (χ0v) is 17.3. The van der Waals surface area contributed by atoms with E-state index in [1.54, 1.807) is 24.3 Å². The standard InChI is InChI=1S/C23H25FN2O4/c1-15(2)30-14-6-13-26-22(27)20(18-7-4-5-8-19(18)29-3)21(23(26)28)25-17-11-9-16(24)10-12-17/h4-5,7-12,15,25H,6,13-14H2,1-3H3. The van der Waals surface area contributed by atoms with Crippen molar-refractivity contribution in [3.05, 3.63) is 65.6 Å². The fourth-order valence-corrected chi connectivity index (χ4v) is 3.22. The van der Waals surface area contributed by atoms with Gasteiger partial charge in [-0.3, -0.25) is 14.5 Å². The Kier molecular flexibility index (Phi) is 6.84. The lowest BCUT2D eigenvalue weighted by Crippen LogP contribution is -2.34. The minimum Gasteiger partial charge on any atom is -0.496 e. The first-order valence-electron chi connectivity index (χ1n) is 9.80. The fourth-order valence-electron chi connectivity index (χ4n) is 3.22. The molecule has 7 heteroatoms. The summed E-state index contributed by atoms with van der Waals surface area (Å²) in [6.45, 7) is 4.54. The molecule has 0 aromatic heterocycles. The molecule has 1 aliphatic heterocycles. The molecule has 1 aliphatic rings. The third-order valence-corrected chi connectivity index (χ3v) is 4.64. The number of halogens is 1. The van der Waals surface area contributed by atoms with Crippen LogP contribution in [-0.4, -0.2) is 43.1 Å². The number of carbonyl (C=O) groups is 2. The Morgan fingerprint density at radius 1 is 1.03 bits per heavy atom. The van der Waals surface area contributed by atoms with Gasteiger partial charge in [0.25, 0.3) is 11.8 Å². The number of amides is 2. The number of anilines is 1. The van der Waals surface area contributed by atoms with E-state index in [1.807, 2.05) is 13.8 Å².